The summed E-state index contributed by atoms with van der Waals surface area (Å²) in [4.78, 5) is 14.7. The third-order valence-electron chi connectivity index (χ3n) is 3.55. The number of hydrogen-bond acceptors (Lipinski definition) is 3. The molecule has 0 saturated carbocycles. The van der Waals surface area contributed by atoms with E-state index in [1.165, 1.54) is 4.68 Å². The van der Waals surface area contributed by atoms with Gasteiger partial charge < -0.3 is 5.32 Å². The number of carbonyl (C=O) groups excluding carboxylic acids is 1. The molecule has 5 nitrogen and oxygen atoms in total. The van der Waals surface area contributed by atoms with Crippen molar-refractivity contribution in [3.8, 4) is 0 Å². The first kappa shape index (κ1) is 18.0. The molecule has 1 atom stereocenters. The largest absolute Gasteiger partial charge is 0.347 e. The van der Waals surface area contributed by atoms with Crippen molar-refractivity contribution < 1.29 is 4.79 Å². The van der Waals surface area contributed by atoms with Gasteiger partial charge >= 0.3 is 0 Å². The topological polar surface area (TPSA) is 50.2 Å². The van der Waals surface area contributed by atoms with Crippen LogP contribution < -0.4 is 5.32 Å². The lowest BCUT2D eigenvalue weighted by molar-refractivity contribution is 0.0902. The van der Waals surface area contributed by atoms with Crippen molar-refractivity contribution in [3.63, 3.8) is 0 Å². The number of carbonyl (C=O) groups is 1. The zero-order chi connectivity index (χ0) is 16.3. The summed E-state index contributed by atoms with van der Waals surface area (Å²) in [5, 5.41) is 7.60. The van der Waals surface area contributed by atoms with Gasteiger partial charge in [-0.1, -0.05) is 11.6 Å². The molecule has 1 amide bonds. The van der Waals surface area contributed by atoms with Crippen molar-refractivity contribution in [2.24, 2.45) is 7.05 Å². The van der Waals surface area contributed by atoms with E-state index < -0.39 is 0 Å². The fraction of sp³-hybridized carbons (Fsp3) is 0.733. The van der Waals surface area contributed by atoms with Gasteiger partial charge in [-0.2, -0.15) is 5.10 Å². The molecule has 0 aliphatic rings. The van der Waals surface area contributed by atoms with Crippen molar-refractivity contribution in [3.05, 3.63) is 16.4 Å². The van der Waals surface area contributed by atoms with Crippen molar-refractivity contribution in [1.29, 1.82) is 0 Å². The predicted molar refractivity (Wildman–Crippen MR) is 86.9 cm³/mol. The van der Waals surface area contributed by atoms with Crippen molar-refractivity contribution >= 4 is 17.5 Å². The second kappa shape index (κ2) is 7.27. The lowest BCUT2D eigenvalue weighted by Gasteiger charge is -2.33. The van der Waals surface area contributed by atoms with Crippen LogP contribution >= 0.6 is 11.6 Å². The molecule has 1 aromatic rings. The maximum atomic E-state index is 12.4. The third-order valence-corrected chi connectivity index (χ3v) is 4.01. The van der Waals surface area contributed by atoms with Crippen LogP contribution in [0.2, 0.25) is 5.02 Å². The van der Waals surface area contributed by atoms with E-state index in [1.807, 2.05) is 6.92 Å². The fourth-order valence-electron chi connectivity index (χ4n) is 2.55. The maximum Gasteiger partial charge on any atom is 0.271 e. The van der Waals surface area contributed by atoms with E-state index >= 15 is 0 Å². The quantitative estimate of drug-likeness (QED) is 0.878. The number of rotatable bonds is 6. The van der Waals surface area contributed by atoms with Crippen molar-refractivity contribution in [1.82, 2.24) is 20.0 Å². The molecule has 1 N–H and O–H groups in total. The Labute approximate surface area is 132 Å². The highest BCUT2D eigenvalue weighted by molar-refractivity contribution is 6.34. The summed E-state index contributed by atoms with van der Waals surface area (Å²) in [5.41, 5.74) is 1.09. The highest BCUT2D eigenvalue weighted by Crippen LogP contribution is 2.19. The van der Waals surface area contributed by atoms with E-state index in [0.29, 0.717) is 28.5 Å². The van der Waals surface area contributed by atoms with E-state index in [-0.39, 0.29) is 11.9 Å². The van der Waals surface area contributed by atoms with Gasteiger partial charge in [0.25, 0.3) is 5.91 Å². The number of aryl methyl sites for hydroxylation is 2. The van der Waals surface area contributed by atoms with Crippen LogP contribution in [0.5, 0.6) is 0 Å². The van der Waals surface area contributed by atoms with E-state index in [9.17, 15) is 4.79 Å². The van der Waals surface area contributed by atoms with Crippen LogP contribution in [-0.2, 0) is 7.05 Å². The summed E-state index contributed by atoms with van der Waals surface area (Å²) in [6.07, 6.45) is 0. The molecular weight excluding hydrogens is 288 g/mol. The van der Waals surface area contributed by atoms with Crippen molar-refractivity contribution in [2.75, 3.05) is 6.54 Å². The number of nitrogens with one attached hydrogen (secondary N) is 1. The molecule has 0 bridgehead atoms. The number of aromatic nitrogens is 2. The van der Waals surface area contributed by atoms with E-state index in [2.05, 4.69) is 43.0 Å². The lowest BCUT2D eigenvalue weighted by atomic mass is 10.2. The highest BCUT2D eigenvalue weighted by Gasteiger charge is 2.22. The zero-order valence-electron chi connectivity index (χ0n) is 14.1. The molecule has 21 heavy (non-hydrogen) atoms. The van der Waals surface area contributed by atoms with Gasteiger partial charge in [-0.3, -0.25) is 14.4 Å². The minimum absolute atomic E-state index is 0.0357. The number of hydrogen-bond donors (Lipinski definition) is 1. The Morgan fingerprint density at radius 3 is 2.19 bits per heavy atom. The molecule has 0 unspecified atom stereocenters. The van der Waals surface area contributed by atoms with Gasteiger partial charge in [0.1, 0.15) is 5.69 Å². The Morgan fingerprint density at radius 2 is 1.81 bits per heavy atom. The molecule has 1 rings (SSSR count). The Hall–Kier alpha value is -1.07. The Balaban J connectivity index is 2.74. The minimum Gasteiger partial charge on any atom is -0.347 e. The maximum absolute atomic E-state index is 12.4. The van der Waals surface area contributed by atoms with Gasteiger partial charge in [0.2, 0.25) is 0 Å². The summed E-state index contributed by atoms with van der Waals surface area (Å²) in [5.74, 6) is -0.178. The molecule has 0 aliphatic carbocycles. The molecule has 120 valence electrons. The Morgan fingerprint density at radius 1 is 1.29 bits per heavy atom. The smallest absolute Gasteiger partial charge is 0.271 e. The van der Waals surface area contributed by atoms with Crippen LogP contribution in [0.15, 0.2) is 0 Å². The second-order valence-corrected chi connectivity index (χ2v) is 6.51. The minimum atomic E-state index is -0.178. The molecule has 0 aliphatic heterocycles. The second-order valence-electron chi connectivity index (χ2n) is 6.13. The normalized spacial score (nSPS) is 13.3. The summed E-state index contributed by atoms with van der Waals surface area (Å²) in [7, 11) is 1.73. The molecule has 0 saturated heterocycles. The van der Waals surface area contributed by atoms with E-state index in [4.69, 9.17) is 11.6 Å². The number of halogens is 1. The van der Waals surface area contributed by atoms with Gasteiger partial charge in [0, 0.05) is 31.7 Å². The molecule has 0 spiro atoms. The number of nitrogens with zero attached hydrogens (tertiary/aromatic N) is 3. The number of amides is 1. The molecule has 0 aromatic carbocycles. The first-order valence-corrected chi connectivity index (χ1v) is 7.78. The van der Waals surface area contributed by atoms with Crippen LogP contribution in [0.4, 0.5) is 0 Å². The molecule has 1 heterocycles. The van der Waals surface area contributed by atoms with Crippen LogP contribution in [0.1, 0.15) is 50.8 Å². The Kier molecular flexibility index (Phi) is 6.23. The van der Waals surface area contributed by atoms with Gasteiger partial charge in [0.15, 0.2) is 0 Å². The predicted octanol–water partition coefficient (Wildman–Crippen LogP) is 2.62. The van der Waals surface area contributed by atoms with Gasteiger partial charge in [0.05, 0.1) is 10.7 Å². The third kappa shape index (κ3) is 4.45. The Bertz CT molecular complexity index is 488. The summed E-state index contributed by atoms with van der Waals surface area (Å²) in [6, 6.07) is 0.910. The molecule has 6 heteroatoms. The molecule has 1 aromatic heterocycles. The zero-order valence-corrected chi connectivity index (χ0v) is 14.8. The molecule has 0 radical (unpaired) electrons. The monoisotopic (exact) mass is 314 g/mol. The average molecular weight is 315 g/mol. The van der Waals surface area contributed by atoms with Crippen LogP contribution in [0.25, 0.3) is 0 Å². The van der Waals surface area contributed by atoms with Crippen molar-refractivity contribution in [2.45, 2.75) is 59.7 Å². The standard InChI is InChI=1S/C15H27ClN4O/c1-9(2)20(10(3)4)8-11(5)17-15(21)14-13(16)12(6)18-19(14)7/h9-11H,8H2,1-7H3,(H,17,21)/t11-/m1/s1. The lowest BCUT2D eigenvalue weighted by Crippen LogP contribution is -2.47. The molecule has 0 fully saturated rings. The van der Waals surface area contributed by atoms with Gasteiger partial charge in [-0.25, -0.2) is 0 Å². The average Bonchev–Trinajstić information content (AvgIpc) is 2.59. The van der Waals surface area contributed by atoms with E-state index in [0.717, 1.165) is 6.54 Å². The van der Waals surface area contributed by atoms with Gasteiger partial charge in [-0.15, -0.1) is 0 Å². The fourth-order valence-corrected chi connectivity index (χ4v) is 2.80. The first-order chi connectivity index (χ1) is 9.65. The van der Waals surface area contributed by atoms with E-state index in [1.54, 1.807) is 14.0 Å². The first-order valence-electron chi connectivity index (χ1n) is 7.40. The van der Waals surface area contributed by atoms with Crippen LogP contribution in [0, 0.1) is 6.92 Å². The summed E-state index contributed by atoms with van der Waals surface area (Å²) < 4.78 is 1.53. The van der Waals surface area contributed by atoms with Crippen LogP contribution in [0.3, 0.4) is 0 Å². The van der Waals surface area contributed by atoms with Gasteiger partial charge in [-0.05, 0) is 41.5 Å². The summed E-state index contributed by atoms with van der Waals surface area (Å²) in [6.45, 7) is 13.3. The van der Waals surface area contributed by atoms with Crippen LogP contribution in [-0.4, -0.2) is 45.3 Å². The highest BCUT2D eigenvalue weighted by atomic mass is 35.5. The SMILES string of the molecule is Cc1nn(C)c(C(=O)N[C@H](C)CN(C(C)C)C(C)C)c1Cl. The molecular formula is C15H27ClN4O. The summed E-state index contributed by atoms with van der Waals surface area (Å²) >= 11 is 6.14.